The second-order valence-electron chi connectivity index (χ2n) is 4.87. The molecule has 1 aliphatic rings. The van der Waals surface area contributed by atoms with Crippen LogP contribution in [0.5, 0.6) is 0 Å². The summed E-state index contributed by atoms with van der Waals surface area (Å²) in [5.41, 5.74) is 0.0942. The van der Waals surface area contributed by atoms with Gasteiger partial charge in [-0.05, 0) is 18.3 Å². The van der Waals surface area contributed by atoms with Crippen LogP contribution in [-0.2, 0) is 4.79 Å². The van der Waals surface area contributed by atoms with Crippen LogP contribution in [0, 0.1) is 28.6 Å². The SMILES string of the molecule is C[C@H]1C(=O)CC(C)(C)CC[C@H]1C#N. The lowest BCUT2D eigenvalue weighted by Gasteiger charge is -2.20. The first-order valence-corrected chi connectivity index (χ1v) is 4.88. The van der Waals surface area contributed by atoms with Gasteiger partial charge in [0.15, 0.2) is 0 Å². The third-order valence-electron chi connectivity index (χ3n) is 3.06. The summed E-state index contributed by atoms with van der Waals surface area (Å²) in [7, 11) is 0. The van der Waals surface area contributed by atoms with Gasteiger partial charge >= 0.3 is 0 Å². The Morgan fingerprint density at radius 3 is 2.69 bits per heavy atom. The van der Waals surface area contributed by atoms with Crippen LogP contribution < -0.4 is 0 Å². The fraction of sp³-hybridized carbons (Fsp3) is 0.818. The number of Topliss-reactive ketones (excluding diaryl/α,β-unsaturated/α-hetero) is 1. The molecule has 13 heavy (non-hydrogen) atoms. The summed E-state index contributed by atoms with van der Waals surface area (Å²) in [6.07, 6.45) is 2.49. The average molecular weight is 179 g/mol. The fourth-order valence-corrected chi connectivity index (χ4v) is 1.92. The van der Waals surface area contributed by atoms with Crippen LogP contribution in [0.15, 0.2) is 0 Å². The Labute approximate surface area is 79.9 Å². The van der Waals surface area contributed by atoms with E-state index in [1.54, 1.807) is 0 Å². The molecule has 2 atom stereocenters. The molecule has 0 spiro atoms. The topological polar surface area (TPSA) is 40.9 Å². The molecule has 1 saturated carbocycles. The van der Waals surface area contributed by atoms with Gasteiger partial charge in [0.05, 0.1) is 12.0 Å². The highest BCUT2D eigenvalue weighted by Gasteiger charge is 2.34. The number of nitriles is 1. The number of carbonyl (C=O) groups is 1. The Hall–Kier alpha value is -0.840. The van der Waals surface area contributed by atoms with Gasteiger partial charge in [-0.15, -0.1) is 0 Å². The van der Waals surface area contributed by atoms with Gasteiger partial charge in [-0.25, -0.2) is 0 Å². The smallest absolute Gasteiger partial charge is 0.137 e. The van der Waals surface area contributed by atoms with Crippen LogP contribution in [0.1, 0.15) is 40.0 Å². The van der Waals surface area contributed by atoms with Crippen molar-refractivity contribution in [3.63, 3.8) is 0 Å². The molecule has 0 unspecified atom stereocenters. The van der Waals surface area contributed by atoms with E-state index in [0.717, 1.165) is 12.8 Å². The first kappa shape index (κ1) is 10.2. The van der Waals surface area contributed by atoms with Crippen LogP contribution in [0.25, 0.3) is 0 Å². The van der Waals surface area contributed by atoms with E-state index in [9.17, 15) is 4.79 Å². The minimum atomic E-state index is -0.0632. The Balaban J connectivity index is 2.81. The third kappa shape index (κ3) is 2.30. The molecule has 0 bridgehead atoms. The zero-order chi connectivity index (χ0) is 10.1. The quantitative estimate of drug-likeness (QED) is 0.536. The van der Waals surface area contributed by atoms with E-state index in [-0.39, 0.29) is 23.0 Å². The molecule has 1 aliphatic carbocycles. The molecule has 0 aliphatic heterocycles. The number of carbonyl (C=O) groups excluding carboxylic acids is 1. The van der Waals surface area contributed by atoms with Crippen molar-refractivity contribution in [3.05, 3.63) is 0 Å². The molecule has 1 fully saturated rings. The maximum absolute atomic E-state index is 11.6. The highest BCUT2D eigenvalue weighted by Crippen LogP contribution is 2.36. The summed E-state index contributed by atoms with van der Waals surface area (Å²) >= 11 is 0. The predicted molar refractivity (Wildman–Crippen MR) is 50.9 cm³/mol. The number of rotatable bonds is 0. The Bertz CT molecular complexity index is 249. The van der Waals surface area contributed by atoms with Crippen molar-refractivity contribution < 1.29 is 4.79 Å². The molecular weight excluding hydrogens is 162 g/mol. The standard InChI is InChI=1S/C11H17NO/c1-8-9(7-12)4-5-11(2,3)6-10(8)13/h8-9H,4-6H2,1-3H3/t8-,9+/m1/s1. The van der Waals surface area contributed by atoms with E-state index < -0.39 is 0 Å². The molecule has 0 radical (unpaired) electrons. The maximum atomic E-state index is 11.6. The van der Waals surface area contributed by atoms with Gasteiger partial charge in [-0.3, -0.25) is 4.79 Å². The number of hydrogen-bond donors (Lipinski definition) is 0. The molecule has 0 aromatic rings. The van der Waals surface area contributed by atoms with Gasteiger partial charge in [0, 0.05) is 12.3 Å². The van der Waals surface area contributed by atoms with Crippen LogP contribution in [-0.4, -0.2) is 5.78 Å². The number of ketones is 1. The normalized spacial score (nSPS) is 33.5. The molecule has 0 aromatic heterocycles. The summed E-state index contributed by atoms with van der Waals surface area (Å²) in [6.45, 7) is 6.10. The van der Waals surface area contributed by atoms with E-state index in [2.05, 4.69) is 19.9 Å². The predicted octanol–water partition coefficient (Wildman–Crippen LogP) is 2.54. The van der Waals surface area contributed by atoms with Gasteiger partial charge < -0.3 is 0 Å². The van der Waals surface area contributed by atoms with Crippen molar-refractivity contribution in [2.45, 2.75) is 40.0 Å². The van der Waals surface area contributed by atoms with Gasteiger partial charge in [0.1, 0.15) is 5.78 Å². The minimum absolute atomic E-state index is 0.0609. The summed E-state index contributed by atoms with van der Waals surface area (Å²) in [4.78, 5) is 11.6. The summed E-state index contributed by atoms with van der Waals surface area (Å²) in [6, 6.07) is 2.24. The maximum Gasteiger partial charge on any atom is 0.137 e. The van der Waals surface area contributed by atoms with Crippen molar-refractivity contribution >= 4 is 5.78 Å². The van der Waals surface area contributed by atoms with Crippen molar-refractivity contribution in [3.8, 4) is 6.07 Å². The molecule has 2 nitrogen and oxygen atoms in total. The third-order valence-corrected chi connectivity index (χ3v) is 3.06. The first-order chi connectivity index (χ1) is 5.96. The Kier molecular flexibility index (Phi) is 2.75. The van der Waals surface area contributed by atoms with Crippen molar-refractivity contribution in [1.29, 1.82) is 5.26 Å². The zero-order valence-electron chi connectivity index (χ0n) is 8.63. The monoisotopic (exact) mass is 179 g/mol. The second-order valence-corrected chi connectivity index (χ2v) is 4.87. The lowest BCUT2D eigenvalue weighted by Crippen LogP contribution is -2.19. The lowest BCUT2D eigenvalue weighted by atomic mass is 9.84. The molecule has 0 aromatic carbocycles. The van der Waals surface area contributed by atoms with E-state index in [4.69, 9.17) is 5.26 Å². The molecule has 0 heterocycles. The van der Waals surface area contributed by atoms with Crippen LogP contribution in [0.4, 0.5) is 0 Å². The Morgan fingerprint density at radius 2 is 2.15 bits per heavy atom. The number of hydrogen-bond acceptors (Lipinski definition) is 2. The van der Waals surface area contributed by atoms with Gasteiger partial charge in [-0.1, -0.05) is 20.8 Å². The second kappa shape index (κ2) is 3.49. The molecule has 72 valence electrons. The summed E-state index contributed by atoms with van der Waals surface area (Å²) in [5, 5.41) is 8.87. The summed E-state index contributed by atoms with van der Waals surface area (Å²) in [5.74, 6) is 0.134. The van der Waals surface area contributed by atoms with E-state index in [1.807, 2.05) is 6.92 Å². The highest BCUT2D eigenvalue weighted by atomic mass is 16.1. The fourth-order valence-electron chi connectivity index (χ4n) is 1.92. The van der Waals surface area contributed by atoms with Gasteiger partial charge in [-0.2, -0.15) is 5.26 Å². The molecule has 2 heteroatoms. The largest absolute Gasteiger partial charge is 0.299 e. The molecule has 0 saturated heterocycles. The van der Waals surface area contributed by atoms with Gasteiger partial charge in [0.2, 0.25) is 0 Å². The van der Waals surface area contributed by atoms with Crippen LogP contribution >= 0.6 is 0 Å². The zero-order valence-corrected chi connectivity index (χ0v) is 8.63. The van der Waals surface area contributed by atoms with Crippen LogP contribution in [0.2, 0.25) is 0 Å². The first-order valence-electron chi connectivity index (χ1n) is 4.88. The van der Waals surface area contributed by atoms with Gasteiger partial charge in [0.25, 0.3) is 0 Å². The highest BCUT2D eigenvalue weighted by molar-refractivity contribution is 5.82. The van der Waals surface area contributed by atoms with E-state index in [1.165, 1.54) is 0 Å². The van der Waals surface area contributed by atoms with E-state index >= 15 is 0 Å². The summed E-state index contributed by atoms with van der Waals surface area (Å²) < 4.78 is 0. The average Bonchev–Trinajstić information content (AvgIpc) is 2.11. The van der Waals surface area contributed by atoms with E-state index in [0.29, 0.717) is 6.42 Å². The van der Waals surface area contributed by atoms with Crippen molar-refractivity contribution in [2.24, 2.45) is 17.3 Å². The van der Waals surface area contributed by atoms with Crippen molar-refractivity contribution in [2.75, 3.05) is 0 Å². The molecule has 0 amide bonds. The van der Waals surface area contributed by atoms with Crippen LogP contribution in [0.3, 0.4) is 0 Å². The minimum Gasteiger partial charge on any atom is -0.299 e. The number of nitrogens with zero attached hydrogens (tertiary/aromatic N) is 1. The molecular formula is C11H17NO. The lowest BCUT2D eigenvalue weighted by molar-refractivity contribution is -0.124. The Morgan fingerprint density at radius 1 is 1.54 bits per heavy atom. The van der Waals surface area contributed by atoms with Crippen molar-refractivity contribution in [1.82, 2.24) is 0 Å². The molecule has 0 N–H and O–H groups in total. The molecule has 1 rings (SSSR count).